The van der Waals surface area contributed by atoms with Gasteiger partial charge in [-0.15, -0.1) is 11.3 Å². The number of benzene rings is 3. The number of aryl methyl sites for hydroxylation is 3. The van der Waals surface area contributed by atoms with Crippen LogP contribution in [0.3, 0.4) is 0 Å². The summed E-state index contributed by atoms with van der Waals surface area (Å²) in [5.74, 6) is 0. The lowest BCUT2D eigenvalue weighted by atomic mass is 9.97. The van der Waals surface area contributed by atoms with Gasteiger partial charge in [-0.2, -0.15) is 5.10 Å². The highest BCUT2D eigenvalue weighted by atomic mass is 32.1. The van der Waals surface area contributed by atoms with Crippen LogP contribution in [-0.2, 0) is 0 Å². The van der Waals surface area contributed by atoms with Crippen LogP contribution in [0.15, 0.2) is 83.3 Å². The molecule has 0 spiro atoms. The maximum absolute atomic E-state index is 5.08. The Balaban J connectivity index is 1.53. The molecule has 0 aliphatic carbocycles. The van der Waals surface area contributed by atoms with Crippen LogP contribution in [0, 0.1) is 20.8 Å². The van der Waals surface area contributed by atoms with Crippen LogP contribution in [0.25, 0.3) is 11.3 Å². The lowest BCUT2D eigenvalue weighted by molar-refractivity contribution is 0.706. The van der Waals surface area contributed by atoms with Crippen LogP contribution in [0.5, 0.6) is 0 Å². The zero-order valence-electron chi connectivity index (χ0n) is 18.0. The average molecular weight is 424 g/mol. The van der Waals surface area contributed by atoms with E-state index in [1.165, 1.54) is 27.8 Å². The second-order valence-electron chi connectivity index (χ2n) is 8.20. The molecule has 154 valence electrons. The topological polar surface area (TPSA) is 28.5 Å². The summed E-state index contributed by atoms with van der Waals surface area (Å²) in [5.41, 5.74) is 9.57. The van der Waals surface area contributed by atoms with Crippen molar-refractivity contribution >= 4 is 22.2 Å². The fraction of sp³-hybridized carbons (Fsp3) is 0.185. The monoisotopic (exact) mass is 423 g/mol. The van der Waals surface area contributed by atoms with Gasteiger partial charge in [-0.3, -0.25) is 0 Å². The molecule has 1 aromatic heterocycles. The zero-order valence-corrected chi connectivity index (χ0v) is 18.9. The fourth-order valence-corrected chi connectivity index (χ4v) is 4.78. The van der Waals surface area contributed by atoms with Crippen molar-refractivity contribution in [3.8, 4) is 11.3 Å². The van der Waals surface area contributed by atoms with E-state index in [1.54, 1.807) is 11.3 Å². The van der Waals surface area contributed by atoms with E-state index in [0.717, 1.165) is 28.5 Å². The third kappa shape index (κ3) is 3.91. The normalized spacial score (nSPS) is 15.9. The summed E-state index contributed by atoms with van der Waals surface area (Å²) in [6.07, 6.45) is 0.867. The van der Waals surface area contributed by atoms with E-state index in [0.29, 0.717) is 0 Å². The zero-order chi connectivity index (χ0) is 21.4. The van der Waals surface area contributed by atoms with Crippen LogP contribution in [0.1, 0.15) is 40.3 Å². The van der Waals surface area contributed by atoms with Gasteiger partial charge in [-0.25, -0.2) is 9.99 Å². The van der Waals surface area contributed by atoms with Gasteiger partial charge in [0.2, 0.25) is 5.13 Å². The van der Waals surface area contributed by atoms with Gasteiger partial charge in [0.25, 0.3) is 0 Å². The number of thiazole rings is 1. The molecule has 0 bridgehead atoms. The fourth-order valence-electron chi connectivity index (χ4n) is 3.94. The highest BCUT2D eigenvalue weighted by Crippen LogP contribution is 2.39. The number of anilines is 1. The van der Waals surface area contributed by atoms with Crippen molar-refractivity contribution in [3.63, 3.8) is 0 Å². The molecule has 1 atom stereocenters. The highest BCUT2D eigenvalue weighted by molar-refractivity contribution is 7.14. The van der Waals surface area contributed by atoms with E-state index in [1.807, 2.05) is 0 Å². The van der Waals surface area contributed by atoms with E-state index < -0.39 is 0 Å². The van der Waals surface area contributed by atoms with Crippen LogP contribution in [0.4, 0.5) is 5.13 Å². The second-order valence-corrected chi connectivity index (χ2v) is 9.04. The summed E-state index contributed by atoms with van der Waals surface area (Å²) >= 11 is 1.65. The van der Waals surface area contributed by atoms with Crippen molar-refractivity contribution in [2.45, 2.75) is 33.2 Å². The molecule has 0 saturated carbocycles. The highest BCUT2D eigenvalue weighted by Gasteiger charge is 2.31. The van der Waals surface area contributed by atoms with Crippen molar-refractivity contribution in [3.05, 3.63) is 106 Å². The Morgan fingerprint density at radius 3 is 2.32 bits per heavy atom. The summed E-state index contributed by atoms with van der Waals surface area (Å²) in [4.78, 5) is 4.97. The first-order valence-corrected chi connectivity index (χ1v) is 11.5. The van der Waals surface area contributed by atoms with Crippen LogP contribution in [-0.4, -0.2) is 10.7 Å². The summed E-state index contributed by atoms with van der Waals surface area (Å²) in [7, 11) is 0. The van der Waals surface area contributed by atoms with Gasteiger partial charge in [-0.05, 0) is 49.1 Å². The molecule has 1 aliphatic heterocycles. The molecule has 3 aromatic carbocycles. The minimum atomic E-state index is 0.148. The minimum absolute atomic E-state index is 0.148. The Hall–Kier alpha value is -3.24. The number of hydrogen-bond donors (Lipinski definition) is 0. The number of hydrazone groups is 1. The van der Waals surface area contributed by atoms with Gasteiger partial charge in [0.1, 0.15) is 0 Å². The maximum Gasteiger partial charge on any atom is 0.207 e. The number of hydrogen-bond acceptors (Lipinski definition) is 4. The van der Waals surface area contributed by atoms with Crippen LogP contribution >= 0.6 is 11.3 Å². The molecule has 2 heterocycles. The lowest BCUT2D eigenvalue weighted by Crippen LogP contribution is -2.18. The first-order valence-electron chi connectivity index (χ1n) is 10.6. The lowest BCUT2D eigenvalue weighted by Gasteiger charge is -2.21. The molecule has 1 aliphatic rings. The Labute approximate surface area is 187 Å². The van der Waals surface area contributed by atoms with Gasteiger partial charge in [0, 0.05) is 17.4 Å². The Bertz CT molecular complexity index is 1240. The van der Waals surface area contributed by atoms with Gasteiger partial charge < -0.3 is 0 Å². The molecule has 31 heavy (non-hydrogen) atoms. The van der Waals surface area contributed by atoms with Crippen molar-refractivity contribution in [1.82, 2.24) is 4.98 Å². The molecule has 4 heteroatoms. The van der Waals surface area contributed by atoms with Crippen molar-refractivity contribution in [1.29, 1.82) is 0 Å². The van der Waals surface area contributed by atoms with E-state index in [2.05, 4.69) is 104 Å². The summed E-state index contributed by atoms with van der Waals surface area (Å²) in [5, 5.41) is 10.3. The number of rotatable bonds is 4. The molecular weight excluding hydrogens is 398 g/mol. The van der Waals surface area contributed by atoms with Gasteiger partial charge in [0.15, 0.2) is 0 Å². The molecule has 0 unspecified atom stereocenters. The Morgan fingerprint density at radius 1 is 0.839 bits per heavy atom. The maximum atomic E-state index is 5.08. The molecule has 0 radical (unpaired) electrons. The van der Waals surface area contributed by atoms with E-state index >= 15 is 0 Å². The summed E-state index contributed by atoms with van der Waals surface area (Å²) in [6.45, 7) is 6.42. The second kappa shape index (κ2) is 8.12. The van der Waals surface area contributed by atoms with Gasteiger partial charge in [0.05, 0.1) is 17.4 Å². The summed E-state index contributed by atoms with van der Waals surface area (Å²) < 4.78 is 0. The predicted octanol–water partition coefficient (Wildman–Crippen LogP) is 7.09. The quantitative estimate of drug-likeness (QED) is 0.350. The standard InChI is InChI=1S/C27H25N3S/c1-18-9-12-21(13-10-18)25-17-31-27(28-25)30-26(22-7-5-4-6-8-22)16-24(29-30)23-14-11-19(2)20(3)15-23/h4-15,17,26H,16H2,1-3H3/t26-/m0/s1. The van der Waals surface area contributed by atoms with Gasteiger partial charge >= 0.3 is 0 Å². The smallest absolute Gasteiger partial charge is 0.207 e. The molecule has 0 saturated heterocycles. The average Bonchev–Trinajstić information content (AvgIpc) is 3.44. The molecule has 0 N–H and O–H groups in total. The first-order chi connectivity index (χ1) is 15.1. The first kappa shape index (κ1) is 19.7. The largest absolute Gasteiger partial charge is 0.231 e. The van der Waals surface area contributed by atoms with Gasteiger partial charge in [-0.1, -0.05) is 72.3 Å². The van der Waals surface area contributed by atoms with Crippen molar-refractivity contribution in [2.75, 3.05) is 5.01 Å². The number of aromatic nitrogens is 1. The summed E-state index contributed by atoms with van der Waals surface area (Å²) in [6, 6.07) is 25.9. The van der Waals surface area contributed by atoms with E-state index in [9.17, 15) is 0 Å². The minimum Gasteiger partial charge on any atom is -0.231 e. The number of nitrogens with zero attached hydrogens (tertiary/aromatic N) is 3. The van der Waals surface area contributed by atoms with E-state index in [-0.39, 0.29) is 6.04 Å². The Morgan fingerprint density at radius 2 is 1.58 bits per heavy atom. The molecular formula is C27H25N3S. The predicted molar refractivity (Wildman–Crippen MR) is 131 cm³/mol. The molecule has 5 rings (SSSR count). The third-order valence-corrected chi connectivity index (χ3v) is 6.80. The third-order valence-electron chi connectivity index (χ3n) is 5.97. The van der Waals surface area contributed by atoms with Crippen molar-refractivity contribution in [2.24, 2.45) is 5.10 Å². The van der Waals surface area contributed by atoms with Crippen LogP contribution in [0.2, 0.25) is 0 Å². The van der Waals surface area contributed by atoms with E-state index in [4.69, 9.17) is 10.1 Å². The van der Waals surface area contributed by atoms with Crippen molar-refractivity contribution < 1.29 is 0 Å². The molecule has 0 amide bonds. The Kier molecular flexibility index (Phi) is 5.16. The SMILES string of the molecule is Cc1ccc(-c2csc(N3N=C(c4ccc(C)c(C)c4)C[C@H]3c3ccccc3)n2)cc1. The molecule has 3 nitrogen and oxygen atoms in total. The molecule has 4 aromatic rings. The molecule has 0 fully saturated rings. The van der Waals surface area contributed by atoms with Crippen LogP contribution < -0.4 is 5.01 Å².